The Labute approximate surface area is 204 Å². The average molecular weight is 516 g/mol. The highest BCUT2D eigenvalue weighted by molar-refractivity contribution is 8.03. The van der Waals surface area contributed by atoms with E-state index in [2.05, 4.69) is 14.9 Å². The highest BCUT2D eigenvalue weighted by Gasteiger charge is 2.60. The van der Waals surface area contributed by atoms with Crippen LogP contribution in [-0.4, -0.2) is 115 Å². The smallest absolute Gasteiger partial charge is 0.353 e. The monoisotopic (exact) mass is 515 g/mol. The van der Waals surface area contributed by atoms with Gasteiger partial charge in [-0.2, -0.15) is 0 Å². The lowest BCUT2D eigenvalue weighted by Gasteiger charge is -2.47. The summed E-state index contributed by atoms with van der Waals surface area (Å²) in [5.41, 5.74) is -0.0100. The summed E-state index contributed by atoms with van der Waals surface area (Å²) in [5, 5.41) is 13.2. The van der Waals surface area contributed by atoms with Crippen LogP contribution in [-0.2, 0) is 24.4 Å². The van der Waals surface area contributed by atoms with Crippen LogP contribution >= 0.6 is 11.8 Å². The van der Waals surface area contributed by atoms with Crippen molar-refractivity contribution >= 4 is 39.6 Å². The van der Waals surface area contributed by atoms with Crippen molar-refractivity contribution in [2.45, 2.75) is 43.6 Å². The molecule has 4 aliphatic heterocycles. The Morgan fingerprint density at radius 2 is 1.88 bits per heavy atom. The number of nitrogens with one attached hydrogen (secondary N) is 2. The van der Waals surface area contributed by atoms with Crippen molar-refractivity contribution in [1.29, 1.82) is 0 Å². The van der Waals surface area contributed by atoms with Crippen LogP contribution in [0.4, 0.5) is 0 Å². The third-order valence-electron chi connectivity index (χ3n) is 7.23. The van der Waals surface area contributed by atoms with E-state index in [9.17, 15) is 27.9 Å². The number of sulfonamides is 1. The maximum absolute atomic E-state index is 12.9. The molecule has 4 rings (SSSR count). The summed E-state index contributed by atoms with van der Waals surface area (Å²) in [4.78, 5) is 43.9. The lowest BCUT2D eigenvalue weighted by Crippen LogP contribution is -2.66. The second kappa shape index (κ2) is 9.41. The molecule has 0 spiro atoms. The summed E-state index contributed by atoms with van der Waals surface area (Å²) >= 11 is 1.43. The number of thioether (sulfide) groups is 1. The second-order valence-electron chi connectivity index (χ2n) is 9.77. The van der Waals surface area contributed by atoms with E-state index in [-0.39, 0.29) is 34.7 Å². The first-order valence-corrected chi connectivity index (χ1v) is 14.3. The number of carbonyl (C=O) groups excluding carboxylic acids is 2. The van der Waals surface area contributed by atoms with Gasteiger partial charge in [0.25, 0.3) is 0 Å². The molecule has 13 heteroatoms. The number of hydrogen-bond acceptors (Lipinski definition) is 8. The number of amides is 2. The van der Waals surface area contributed by atoms with Crippen molar-refractivity contribution in [1.82, 2.24) is 24.7 Å². The number of carbonyl (C=O) groups is 3. The predicted molar refractivity (Wildman–Crippen MR) is 127 cm³/mol. The molecule has 34 heavy (non-hydrogen) atoms. The molecule has 0 aromatic heterocycles. The molecule has 4 heterocycles. The Hall–Kier alpha value is -1.67. The summed E-state index contributed by atoms with van der Waals surface area (Å²) in [6.07, 6.45) is 1.63. The number of rotatable bonds is 7. The fraction of sp³-hybridized carbons (Fsp3) is 0.762. The zero-order valence-corrected chi connectivity index (χ0v) is 21.5. The van der Waals surface area contributed by atoms with Crippen LogP contribution in [0.2, 0.25) is 0 Å². The van der Waals surface area contributed by atoms with Gasteiger partial charge in [-0.25, -0.2) is 17.9 Å². The van der Waals surface area contributed by atoms with Crippen LogP contribution < -0.4 is 10.0 Å². The van der Waals surface area contributed by atoms with Crippen molar-refractivity contribution in [3.05, 3.63) is 10.6 Å². The number of hydrogen-bond donors (Lipinski definition) is 3. The first kappa shape index (κ1) is 25.4. The Kier molecular flexibility index (Phi) is 7.04. The highest BCUT2D eigenvalue weighted by atomic mass is 32.2. The molecule has 3 fully saturated rings. The van der Waals surface area contributed by atoms with Crippen molar-refractivity contribution < 1.29 is 27.9 Å². The SMILES string of the molecule is CC(NS(C)(=O)=O)[C@H]1C(=O)N2C(C(=O)O)=C(S[C@@H]3CN[C@H](C(=O)N4CCN(C)CC4)C3)[C@H](C)[C@H]12. The molecule has 2 amide bonds. The van der Waals surface area contributed by atoms with Crippen molar-refractivity contribution in [3.8, 4) is 0 Å². The summed E-state index contributed by atoms with van der Waals surface area (Å²) < 4.78 is 25.8. The molecule has 0 aromatic carbocycles. The van der Waals surface area contributed by atoms with Gasteiger partial charge < -0.3 is 25.1 Å². The molecule has 4 aliphatic rings. The lowest BCUT2D eigenvalue weighted by atomic mass is 9.78. The Bertz CT molecular complexity index is 1010. The van der Waals surface area contributed by atoms with Crippen LogP contribution in [0.5, 0.6) is 0 Å². The normalized spacial score (nSPS) is 33.2. The summed E-state index contributed by atoms with van der Waals surface area (Å²) in [5.74, 6) is -2.31. The van der Waals surface area contributed by atoms with Gasteiger partial charge >= 0.3 is 5.97 Å². The quantitative estimate of drug-likeness (QED) is 0.362. The number of piperazine rings is 1. The fourth-order valence-corrected chi connectivity index (χ4v) is 7.82. The minimum Gasteiger partial charge on any atom is -0.477 e. The molecular weight excluding hydrogens is 482 g/mol. The number of carboxylic acids is 1. The minimum atomic E-state index is -3.51. The van der Waals surface area contributed by atoms with Crippen molar-refractivity contribution in [2.75, 3.05) is 46.0 Å². The molecule has 3 N–H and O–H groups in total. The van der Waals surface area contributed by atoms with Gasteiger partial charge in [-0.1, -0.05) is 6.92 Å². The number of likely N-dealkylation sites (N-methyl/N-ethyl adjacent to an activating group) is 1. The van der Waals surface area contributed by atoms with Gasteiger partial charge in [-0.15, -0.1) is 11.8 Å². The summed E-state index contributed by atoms with van der Waals surface area (Å²) in [6.45, 7) is 7.20. The zero-order valence-electron chi connectivity index (χ0n) is 19.9. The topological polar surface area (TPSA) is 139 Å². The molecule has 0 bridgehead atoms. The maximum Gasteiger partial charge on any atom is 0.353 e. The predicted octanol–water partition coefficient (Wildman–Crippen LogP) is -1.07. The van der Waals surface area contributed by atoms with Crippen LogP contribution in [0.1, 0.15) is 20.3 Å². The Balaban J connectivity index is 1.44. The number of fused-ring (bicyclic) bond motifs is 1. The van der Waals surface area contributed by atoms with Crippen LogP contribution in [0.3, 0.4) is 0 Å². The third kappa shape index (κ3) is 4.72. The Morgan fingerprint density at radius 1 is 1.24 bits per heavy atom. The van der Waals surface area contributed by atoms with Gasteiger partial charge in [0, 0.05) is 54.8 Å². The van der Waals surface area contributed by atoms with Crippen LogP contribution in [0, 0.1) is 11.8 Å². The molecule has 190 valence electrons. The van der Waals surface area contributed by atoms with Crippen LogP contribution in [0.25, 0.3) is 0 Å². The molecule has 0 radical (unpaired) electrons. The largest absolute Gasteiger partial charge is 0.477 e. The van der Waals surface area contributed by atoms with Gasteiger partial charge in [-0.3, -0.25) is 9.59 Å². The highest BCUT2D eigenvalue weighted by Crippen LogP contribution is 2.51. The van der Waals surface area contributed by atoms with Gasteiger partial charge in [0.1, 0.15) is 5.70 Å². The molecule has 1 unspecified atom stereocenters. The van der Waals surface area contributed by atoms with Gasteiger partial charge in [-0.05, 0) is 20.4 Å². The number of β-lactam (4-membered cyclic amide) rings is 1. The molecule has 6 atom stereocenters. The summed E-state index contributed by atoms with van der Waals surface area (Å²) in [7, 11) is -1.47. The molecule has 3 saturated heterocycles. The van der Waals surface area contributed by atoms with Gasteiger partial charge in [0.15, 0.2) is 0 Å². The molecule has 0 aliphatic carbocycles. The third-order valence-corrected chi connectivity index (χ3v) is 9.54. The van der Waals surface area contributed by atoms with Crippen LogP contribution in [0.15, 0.2) is 10.6 Å². The number of nitrogens with zero attached hydrogens (tertiary/aromatic N) is 3. The second-order valence-corrected chi connectivity index (χ2v) is 12.9. The minimum absolute atomic E-state index is 0.00651. The van der Waals surface area contributed by atoms with Crippen molar-refractivity contribution in [2.24, 2.45) is 11.8 Å². The van der Waals surface area contributed by atoms with E-state index in [4.69, 9.17) is 0 Å². The Morgan fingerprint density at radius 3 is 2.47 bits per heavy atom. The average Bonchev–Trinajstić information content (AvgIpc) is 3.29. The molecule has 0 aromatic rings. The van der Waals surface area contributed by atoms with E-state index in [1.807, 2.05) is 18.9 Å². The van der Waals surface area contributed by atoms with E-state index in [1.165, 1.54) is 16.7 Å². The lowest BCUT2D eigenvalue weighted by molar-refractivity contribution is -0.157. The van der Waals surface area contributed by atoms with E-state index in [0.717, 1.165) is 19.3 Å². The molecule has 0 saturated carbocycles. The zero-order chi connectivity index (χ0) is 24.9. The maximum atomic E-state index is 12.9. The van der Waals surface area contributed by atoms with E-state index in [1.54, 1.807) is 6.92 Å². The first-order chi connectivity index (χ1) is 15.9. The van der Waals surface area contributed by atoms with E-state index < -0.39 is 34.0 Å². The summed E-state index contributed by atoms with van der Waals surface area (Å²) in [6, 6.07) is -1.33. The first-order valence-electron chi connectivity index (χ1n) is 11.5. The number of carboxylic acid groups (broad SMARTS) is 1. The molecule has 11 nitrogen and oxygen atoms in total. The molecular formula is C21H33N5O6S2. The number of aliphatic carboxylic acids is 1. The van der Waals surface area contributed by atoms with E-state index in [0.29, 0.717) is 31.0 Å². The van der Waals surface area contributed by atoms with Gasteiger partial charge in [0.05, 0.1) is 24.3 Å². The van der Waals surface area contributed by atoms with Crippen molar-refractivity contribution in [3.63, 3.8) is 0 Å². The fourth-order valence-electron chi connectivity index (χ4n) is 5.52. The van der Waals surface area contributed by atoms with E-state index >= 15 is 0 Å². The van der Waals surface area contributed by atoms with Gasteiger partial charge in [0.2, 0.25) is 21.8 Å². The standard InChI is InChI=1S/C21H33N5O6S2/c1-11-16-15(12(2)23-34(4,31)32)20(28)26(16)17(21(29)30)18(11)33-13-9-14(22-10-13)19(27)25-7-5-24(3)6-8-25/h11-16,22-23H,5-10H2,1-4H3,(H,29,30)/t11-,12?,13+,14+,15-,16-/m1/s1.